The van der Waals surface area contributed by atoms with Gasteiger partial charge in [0.2, 0.25) is 0 Å². The predicted molar refractivity (Wildman–Crippen MR) is 66.0 cm³/mol. The van der Waals surface area contributed by atoms with E-state index >= 15 is 0 Å². The Morgan fingerprint density at radius 2 is 2.31 bits per heavy atom. The van der Waals surface area contributed by atoms with Crippen molar-refractivity contribution in [3.05, 3.63) is 16.4 Å². The summed E-state index contributed by atoms with van der Waals surface area (Å²) in [6, 6.07) is 0. The van der Waals surface area contributed by atoms with E-state index in [0.717, 1.165) is 30.1 Å². The molecule has 6 heteroatoms. The van der Waals surface area contributed by atoms with Gasteiger partial charge in [0, 0.05) is 42.3 Å². The number of aromatic nitrogens is 2. The Morgan fingerprint density at radius 1 is 1.62 bits per heavy atom. The summed E-state index contributed by atoms with van der Waals surface area (Å²) < 4.78 is 13.6. The van der Waals surface area contributed by atoms with Gasteiger partial charge in [-0.1, -0.05) is 11.6 Å². The minimum atomic E-state index is -0.835. The summed E-state index contributed by atoms with van der Waals surface area (Å²) in [6.45, 7) is 3.89. The predicted octanol–water partition coefficient (Wildman–Crippen LogP) is 0.850. The van der Waals surface area contributed by atoms with Crippen LogP contribution >= 0.6 is 11.6 Å². The smallest absolute Gasteiger partial charge is 0.131 e. The second kappa shape index (κ2) is 4.85. The van der Waals surface area contributed by atoms with Gasteiger partial charge in [0.1, 0.15) is 5.15 Å². The fourth-order valence-electron chi connectivity index (χ4n) is 1.79. The van der Waals surface area contributed by atoms with Crippen molar-refractivity contribution in [2.75, 3.05) is 18.8 Å². The highest BCUT2D eigenvalue weighted by molar-refractivity contribution is 7.84. The topological polar surface area (TPSA) is 46.9 Å². The van der Waals surface area contributed by atoms with Crippen molar-refractivity contribution in [3.63, 3.8) is 0 Å². The highest BCUT2D eigenvalue weighted by Crippen LogP contribution is 2.21. The van der Waals surface area contributed by atoms with E-state index in [4.69, 9.17) is 11.6 Å². The average Bonchev–Trinajstić information content (AvgIpc) is 2.39. The molecule has 0 aliphatic carbocycles. The van der Waals surface area contributed by atoms with Gasteiger partial charge in [0.05, 0.1) is 11.4 Å². The van der Waals surface area contributed by atoms with Gasteiger partial charge in [-0.15, -0.1) is 0 Å². The van der Waals surface area contributed by atoms with Crippen LogP contribution in [-0.4, -0.2) is 32.8 Å². The van der Waals surface area contributed by atoms with E-state index in [0.29, 0.717) is 16.8 Å². The average molecular weight is 262 g/mol. The molecule has 1 N–H and O–H groups in total. The molecule has 1 unspecified atom stereocenters. The van der Waals surface area contributed by atoms with Crippen molar-refractivity contribution >= 4 is 22.4 Å². The molecule has 1 aliphatic heterocycles. The van der Waals surface area contributed by atoms with E-state index in [-0.39, 0.29) is 0 Å². The van der Waals surface area contributed by atoms with E-state index < -0.39 is 10.8 Å². The van der Waals surface area contributed by atoms with Crippen LogP contribution in [0.3, 0.4) is 0 Å². The van der Waals surface area contributed by atoms with Crippen LogP contribution in [0, 0.1) is 12.8 Å². The van der Waals surface area contributed by atoms with Crippen LogP contribution < -0.4 is 5.32 Å². The summed E-state index contributed by atoms with van der Waals surface area (Å²) in [5.74, 6) is 1.85. The van der Waals surface area contributed by atoms with Crippen molar-refractivity contribution in [2.24, 2.45) is 13.0 Å². The standard InChI is InChI=1S/C10H16ClN3OS/c1-7-9(10(11)14(2)13-7)6-16(15)5-8-3-12-4-8/h8,12H,3-6H2,1-2H3. The van der Waals surface area contributed by atoms with Crippen LogP contribution in [-0.2, 0) is 23.6 Å². The van der Waals surface area contributed by atoms with Gasteiger partial charge in [-0.3, -0.25) is 8.89 Å². The molecule has 0 spiro atoms. The molecule has 90 valence electrons. The summed E-state index contributed by atoms with van der Waals surface area (Å²) in [6.07, 6.45) is 0. The zero-order chi connectivity index (χ0) is 11.7. The molecule has 0 amide bonds. The van der Waals surface area contributed by atoms with E-state index in [2.05, 4.69) is 10.4 Å². The molecule has 1 aromatic heterocycles. The molecule has 16 heavy (non-hydrogen) atoms. The first-order valence-corrected chi connectivity index (χ1v) is 7.18. The molecule has 1 aromatic rings. The Morgan fingerprint density at radius 3 is 2.75 bits per heavy atom. The Bertz CT molecular complexity index is 414. The first-order valence-electron chi connectivity index (χ1n) is 5.31. The summed E-state index contributed by atoms with van der Waals surface area (Å²) in [5, 5.41) is 8.00. The third-order valence-electron chi connectivity index (χ3n) is 2.86. The molecule has 0 radical (unpaired) electrons. The lowest BCUT2D eigenvalue weighted by Crippen LogP contribution is -2.44. The Kier molecular flexibility index (Phi) is 3.66. The number of nitrogens with zero attached hydrogens (tertiary/aromatic N) is 2. The minimum Gasteiger partial charge on any atom is -0.316 e. The zero-order valence-corrected chi connectivity index (χ0v) is 11.1. The largest absolute Gasteiger partial charge is 0.316 e. The van der Waals surface area contributed by atoms with Crippen LogP contribution in [0.4, 0.5) is 0 Å². The molecule has 0 saturated carbocycles. The van der Waals surface area contributed by atoms with Crippen LogP contribution in [0.2, 0.25) is 5.15 Å². The molecular weight excluding hydrogens is 246 g/mol. The number of hydrogen-bond donors (Lipinski definition) is 1. The van der Waals surface area contributed by atoms with Crippen LogP contribution in [0.1, 0.15) is 11.3 Å². The van der Waals surface area contributed by atoms with Crippen LogP contribution in [0.25, 0.3) is 0 Å². The Hall–Kier alpha value is -0.390. The number of nitrogens with one attached hydrogen (secondary N) is 1. The first kappa shape index (κ1) is 12.1. The molecule has 1 fully saturated rings. The zero-order valence-electron chi connectivity index (χ0n) is 9.49. The molecule has 4 nitrogen and oxygen atoms in total. The van der Waals surface area contributed by atoms with Crippen molar-refractivity contribution in [1.82, 2.24) is 15.1 Å². The quantitative estimate of drug-likeness (QED) is 0.874. The molecule has 1 saturated heterocycles. The van der Waals surface area contributed by atoms with Gasteiger partial charge in [-0.25, -0.2) is 0 Å². The summed E-state index contributed by atoms with van der Waals surface area (Å²) in [7, 11) is 0.968. The van der Waals surface area contributed by atoms with Crippen LogP contribution in [0.15, 0.2) is 0 Å². The summed E-state index contributed by atoms with van der Waals surface area (Å²) >= 11 is 6.10. The molecule has 2 heterocycles. The van der Waals surface area contributed by atoms with E-state index in [1.54, 1.807) is 11.7 Å². The van der Waals surface area contributed by atoms with Crippen molar-refractivity contribution in [3.8, 4) is 0 Å². The number of hydrogen-bond acceptors (Lipinski definition) is 3. The first-order chi connectivity index (χ1) is 7.58. The second-order valence-corrected chi connectivity index (χ2v) is 6.11. The molecule has 0 bridgehead atoms. The Balaban J connectivity index is 1.99. The highest BCUT2D eigenvalue weighted by atomic mass is 35.5. The number of rotatable bonds is 4. The maximum Gasteiger partial charge on any atom is 0.131 e. The minimum absolute atomic E-state index is 0.523. The second-order valence-electron chi connectivity index (χ2n) is 4.25. The maximum atomic E-state index is 11.9. The maximum absolute atomic E-state index is 11.9. The van der Waals surface area contributed by atoms with E-state index in [1.807, 2.05) is 6.92 Å². The van der Waals surface area contributed by atoms with Crippen molar-refractivity contribution in [2.45, 2.75) is 12.7 Å². The molecular formula is C10H16ClN3OS. The van der Waals surface area contributed by atoms with Gasteiger partial charge in [-0.2, -0.15) is 5.10 Å². The normalized spacial score (nSPS) is 18.4. The van der Waals surface area contributed by atoms with Gasteiger partial charge in [-0.05, 0) is 12.8 Å². The van der Waals surface area contributed by atoms with Gasteiger partial charge in [0.25, 0.3) is 0 Å². The fourth-order valence-corrected chi connectivity index (χ4v) is 3.65. The lowest BCUT2D eigenvalue weighted by atomic mass is 10.1. The van der Waals surface area contributed by atoms with Gasteiger partial charge >= 0.3 is 0 Å². The lowest BCUT2D eigenvalue weighted by molar-refractivity contribution is 0.382. The van der Waals surface area contributed by atoms with Gasteiger partial charge in [0.15, 0.2) is 0 Å². The van der Waals surface area contributed by atoms with Gasteiger partial charge < -0.3 is 5.32 Å². The number of halogens is 1. The van der Waals surface area contributed by atoms with Crippen molar-refractivity contribution in [1.29, 1.82) is 0 Å². The van der Waals surface area contributed by atoms with E-state index in [1.165, 1.54) is 0 Å². The van der Waals surface area contributed by atoms with E-state index in [9.17, 15) is 4.21 Å². The monoisotopic (exact) mass is 261 g/mol. The number of aryl methyl sites for hydroxylation is 2. The fraction of sp³-hybridized carbons (Fsp3) is 0.700. The van der Waals surface area contributed by atoms with Crippen molar-refractivity contribution < 1.29 is 4.21 Å². The van der Waals surface area contributed by atoms with Crippen LogP contribution in [0.5, 0.6) is 0 Å². The third-order valence-corrected chi connectivity index (χ3v) is 4.79. The third kappa shape index (κ3) is 2.47. The SMILES string of the molecule is Cc1nn(C)c(Cl)c1CS(=O)CC1CNC1. The Labute approximate surface area is 103 Å². The molecule has 2 rings (SSSR count). The highest BCUT2D eigenvalue weighted by Gasteiger charge is 2.21. The molecule has 1 aliphatic rings. The lowest BCUT2D eigenvalue weighted by Gasteiger charge is -2.26. The summed E-state index contributed by atoms with van der Waals surface area (Å²) in [4.78, 5) is 0. The molecule has 1 atom stereocenters. The molecule has 0 aromatic carbocycles. The summed E-state index contributed by atoms with van der Waals surface area (Å²) in [5.41, 5.74) is 1.81.